The number of rotatable bonds is 2. The molecule has 0 aliphatic carbocycles. The van der Waals surface area contributed by atoms with Crippen molar-refractivity contribution in [1.82, 2.24) is 4.90 Å². The molecule has 102 valence electrons. The molecule has 0 fully saturated rings. The van der Waals surface area contributed by atoms with Crippen LogP contribution in [-0.2, 0) is 0 Å². The molecule has 0 bridgehead atoms. The van der Waals surface area contributed by atoms with Gasteiger partial charge in [0.05, 0.1) is 12.6 Å². The Labute approximate surface area is 123 Å². The van der Waals surface area contributed by atoms with Gasteiger partial charge in [0.2, 0.25) is 0 Å². The number of guanidine groups is 1. The van der Waals surface area contributed by atoms with Crippen molar-refractivity contribution in [3.05, 3.63) is 65.2 Å². The van der Waals surface area contributed by atoms with Crippen LogP contribution in [-0.4, -0.2) is 24.5 Å². The molecule has 2 aromatic rings. The summed E-state index contributed by atoms with van der Waals surface area (Å²) in [6.07, 6.45) is 0. The summed E-state index contributed by atoms with van der Waals surface area (Å²) in [5.74, 6) is 0.890. The van der Waals surface area contributed by atoms with Crippen molar-refractivity contribution in [2.24, 2.45) is 4.99 Å². The summed E-state index contributed by atoms with van der Waals surface area (Å²) >= 11 is 5.89. The molecule has 1 N–H and O–H groups in total. The number of aliphatic imine (C=N–C) groups is 1. The molecule has 0 spiro atoms. The van der Waals surface area contributed by atoms with Gasteiger partial charge in [0.1, 0.15) is 0 Å². The normalized spacial score (nSPS) is 18.0. The fourth-order valence-electron chi connectivity index (χ4n) is 2.35. The molecule has 1 heterocycles. The van der Waals surface area contributed by atoms with E-state index in [0.29, 0.717) is 6.04 Å². The number of hydrogen-bond donors (Lipinski definition) is 1. The summed E-state index contributed by atoms with van der Waals surface area (Å²) in [7, 11) is 2.06. The molecule has 1 aliphatic heterocycles. The lowest BCUT2D eigenvalue weighted by Gasteiger charge is -2.24. The van der Waals surface area contributed by atoms with E-state index in [1.807, 2.05) is 30.3 Å². The van der Waals surface area contributed by atoms with Crippen molar-refractivity contribution in [2.45, 2.75) is 6.04 Å². The van der Waals surface area contributed by atoms with Crippen molar-refractivity contribution in [3.63, 3.8) is 0 Å². The number of halogens is 1. The van der Waals surface area contributed by atoms with Crippen LogP contribution >= 0.6 is 11.6 Å². The van der Waals surface area contributed by atoms with E-state index in [4.69, 9.17) is 11.6 Å². The van der Waals surface area contributed by atoms with E-state index < -0.39 is 0 Å². The molecule has 3 rings (SSSR count). The fraction of sp³-hybridized carbons (Fsp3) is 0.188. The number of hydrogen-bond acceptors (Lipinski definition) is 3. The Hall–Kier alpha value is -2.00. The largest absolute Gasteiger partial charge is 0.337 e. The number of anilines is 1. The molecule has 0 saturated carbocycles. The van der Waals surface area contributed by atoms with Crippen LogP contribution < -0.4 is 5.32 Å². The SMILES string of the molecule is CN1C(Nc2ccc(Cl)cc2)=NCC1c1ccccc1. The van der Waals surface area contributed by atoms with Crippen LogP contribution in [0.4, 0.5) is 5.69 Å². The zero-order chi connectivity index (χ0) is 13.9. The van der Waals surface area contributed by atoms with Gasteiger partial charge in [-0.15, -0.1) is 0 Å². The summed E-state index contributed by atoms with van der Waals surface area (Å²) in [4.78, 5) is 6.76. The van der Waals surface area contributed by atoms with Crippen molar-refractivity contribution >= 4 is 23.2 Å². The summed E-state index contributed by atoms with van der Waals surface area (Å²) in [6.45, 7) is 0.774. The molecular weight excluding hydrogens is 270 g/mol. The van der Waals surface area contributed by atoms with Gasteiger partial charge in [0.15, 0.2) is 5.96 Å². The first-order valence-electron chi connectivity index (χ1n) is 6.59. The summed E-state index contributed by atoms with van der Waals surface area (Å²) < 4.78 is 0. The molecular formula is C16H16ClN3. The molecule has 0 aromatic heterocycles. The van der Waals surface area contributed by atoms with Crippen LogP contribution in [0.1, 0.15) is 11.6 Å². The van der Waals surface area contributed by atoms with E-state index in [1.54, 1.807) is 0 Å². The van der Waals surface area contributed by atoms with Crippen LogP contribution in [0, 0.1) is 0 Å². The van der Waals surface area contributed by atoms with Gasteiger partial charge in [-0.05, 0) is 29.8 Å². The maximum atomic E-state index is 5.89. The minimum Gasteiger partial charge on any atom is -0.337 e. The number of nitrogens with one attached hydrogen (secondary N) is 1. The van der Waals surface area contributed by atoms with Gasteiger partial charge >= 0.3 is 0 Å². The minimum absolute atomic E-state index is 0.297. The van der Waals surface area contributed by atoms with Crippen molar-refractivity contribution < 1.29 is 0 Å². The predicted octanol–water partition coefficient (Wildman–Crippen LogP) is 3.79. The van der Waals surface area contributed by atoms with Gasteiger partial charge in [-0.3, -0.25) is 4.99 Å². The molecule has 1 unspecified atom stereocenters. The van der Waals surface area contributed by atoms with E-state index in [-0.39, 0.29) is 0 Å². The summed E-state index contributed by atoms with van der Waals surface area (Å²) in [6, 6.07) is 18.4. The Kier molecular flexibility index (Phi) is 3.61. The maximum absolute atomic E-state index is 5.89. The topological polar surface area (TPSA) is 27.6 Å². The highest BCUT2D eigenvalue weighted by molar-refractivity contribution is 6.30. The molecule has 1 aliphatic rings. The van der Waals surface area contributed by atoms with Gasteiger partial charge in [0.25, 0.3) is 0 Å². The third-order valence-corrected chi connectivity index (χ3v) is 3.75. The Morgan fingerprint density at radius 1 is 1.10 bits per heavy atom. The fourth-order valence-corrected chi connectivity index (χ4v) is 2.47. The average Bonchev–Trinajstić information content (AvgIpc) is 2.84. The number of benzene rings is 2. The summed E-state index contributed by atoms with van der Waals surface area (Å²) in [5.41, 5.74) is 2.28. The molecule has 2 aromatic carbocycles. The third-order valence-electron chi connectivity index (χ3n) is 3.50. The zero-order valence-corrected chi connectivity index (χ0v) is 12.0. The van der Waals surface area contributed by atoms with Gasteiger partial charge in [0, 0.05) is 17.8 Å². The first-order chi connectivity index (χ1) is 9.74. The highest BCUT2D eigenvalue weighted by Gasteiger charge is 2.25. The van der Waals surface area contributed by atoms with Crippen molar-refractivity contribution in [2.75, 3.05) is 18.9 Å². The van der Waals surface area contributed by atoms with Crippen LogP contribution in [0.2, 0.25) is 5.02 Å². The molecule has 4 heteroatoms. The zero-order valence-electron chi connectivity index (χ0n) is 11.3. The minimum atomic E-state index is 0.297. The molecule has 0 amide bonds. The van der Waals surface area contributed by atoms with Gasteiger partial charge < -0.3 is 10.2 Å². The molecule has 20 heavy (non-hydrogen) atoms. The Balaban J connectivity index is 1.72. The van der Waals surface area contributed by atoms with Gasteiger partial charge in [-0.2, -0.15) is 0 Å². The molecule has 0 radical (unpaired) electrons. The predicted molar refractivity (Wildman–Crippen MR) is 84.3 cm³/mol. The quantitative estimate of drug-likeness (QED) is 0.909. The van der Waals surface area contributed by atoms with E-state index in [9.17, 15) is 0 Å². The number of nitrogens with zero attached hydrogens (tertiary/aromatic N) is 2. The molecule has 1 atom stereocenters. The maximum Gasteiger partial charge on any atom is 0.198 e. The molecule has 3 nitrogen and oxygen atoms in total. The van der Waals surface area contributed by atoms with Gasteiger partial charge in [-0.1, -0.05) is 41.9 Å². The lowest BCUT2D eigenvalue weighted by Crippen LogP contribution is -2.31. The number of likely N-dealkylation sites (N-methyl/N-ethyl adjacent to an activating group) is 1. The van der Waals surface area contributed by atoms with E-state index in [1.165, 1.54) is 5.56 Å². The van der Waals surface area contributed by atoms with Crippen molar-refractivity contribution in [3.8, 4) is 0 Å². The average molecular weight is 286 g/mol. The van der Waals surface area contributed by atoms with Crippen LogP contribution in [0.5, 0.6) is 0 Å². The van der Waals surface area contributed by atoms with E-state index in [2.05, 4.69) is 46.5 Å². The lowest BCUT2D eigenvalue weighted by molar-refractivity contribution is 0.416. The standard InChI is InChI=1S/C16H16ClN3/c1-20-15(12-5-3-2-4-6-12)11-18-16(20)19-14-9-7-13(17)8-10-14/h2-10,15H,11H2,1H3,(H,18,19). The molecule has 0 saturated heterocycles. The van der Waals surface area contributed by atoms with Gasteiger partial charge in [-0.25, -0.2) is 0 Å². The van der Waals surface area contributed by atoms with E-state index >= 15 is 0 Å². The second kappa shape index (κ2) is 5.55. The highest BCUT2D eigenvalue weighted by atomic mass is 35.5. The Bertz CT molecular complexity index is 607. The van der Waals surface area contributed by atoms with Crippen LogP contribution in [0.15, 0.2) is 59.6 Å². The van der Waals surface area contributed by atoms with Crippen LogP contribution in [0.3, 0.4) is 0 Å². The first kappa shape index (κ1) is 13.0. The second-order valence-electron chi connectivity index (χ2n) is 4.83. The van der Waals surface area contributed by atoms with Crippen LogP contribution in [0.25, 0.3) is 0 Å². The summed E-state index contributed by atoms with van der Waals surface area (Å²) in [5, 5.41) is 4.07. The Morgan fingerprint density at radius 3 is 2.50 bits per heavy atom. The first-order valence-corrected chi connectivity index (χ1v) is 6.96. The third kappa shape index (κ3) is 2.63. The smallest absolute Gasteiger partial charge is 0.198 e. The second-order valence-corrected chi connectivity index (χ2v) is 5.27. The monoisotopic (exact) mass is 285 g/mol. The highest BCUT2D eigenvalue weighted by Crippen LogP contribution is 2.25. The van der Waals surface area contributed by atoms with Crippen molar-refractivity contribution in [1.29, 1.82) is 0 Å². The van der Waals surface area contributed by atoms with E-state index in [0.717, 1.165) is 23.2 Å². The Morgan fingerprint density at radius 2 is 1.80 bits per heavy atom. The lowest BCUT2D eigenvalue weighted by atomic mass is 10.1.